The summed E-state index contributed by atoms with van der Waals surface area (Å²) < 4.78 is 0. The third-order valence-electron chi connectivity index (χ3n) is 1.93. The second-order valence-electron chi connectivity index (χ2n) is 3.06. The highest BCUT2D eigenvalue weighted by Crippen LogP contribution is 2.18. The van der Waals surface area contributed by atoms with Crippen molar-refractivity contribution >= 4 is 11.4 Å². The summed E-state index contributed by atoms with van der Waals surface area (Å²) in [7, 11) is 0. The fourth-order valence-electron chi connectivity index (χ4n) is 1.13. The highest BCUT2D eigenvalue weighted by Gasteiger charge is 1.96. The third-order valence-corrected chi connectivity index (χ3v) is 1.93. The van der Waals surface area contributed by atoms with E-state index in [0.29, 0.717) is 0 Å². The molecule has 1 aromatic carbocycles. The van der Waals surface area contributed by atoms with E-state index < -0.39 is 0 Å². The van der Waals surface area contributed by atoms with Crippen LogP contribution in [0.3, 0.4) is 0 Å². The Balaban J connectivity index is 2.84. The molecule has 78 valence electrons. The molecule has 2 heteroatoms. The van der Waals surface area contributed by atoms with Gasteiger partial charge >= 0.3 is 0 Å². The topological polar surface area (TPSA) is 38.0 Å². The predicted molar refractivity (Wildman–Crippen MR) is 67.6 cm³/mol. The number of hydrogen-bond donors (Lipinski definition) is 2. The zero-order valence-electron chi connectivity index (χ0n) is 8.90. The van der Waals surface area contributed by atoms with Gasteiger partial charge in [0.25, 0.3) is 0 Å². The van der Waals surface area contributed by atoms with Gasteiger partial charge in [0.05, 0.1) is 11.4 Å². The Morgan fingerprint density at radius 3 is 2.73 bits per heavy atom. The summed E-state index contributed by atoms with van der Waals surface area (Å²) >= 11 is 0. The first-order valence-corrected chi connectivity index (χ1v) is 4.85. The van der Waals surface area contributed by atoms with Crippen LogP contribution in [-0.2, 0) is 0 Å². The Morgan fingerprint density at radius 2 is 2.13 bits per heavy atom. The predicted octanol–water partition coefficient (Wildman–Crippen LogP) is 3.33. The minimum absolute atomic E-state index is 0.728. The van der Waals surface area contributed by atoms with Crippen molar-refractivity contribution in [3.05, 3.63) is 60.8 Å². The lowest BCUT2D eigenvalue weighted by Gasteiger charge is -2.08. The molecule has 0 aliphatic heterocycles. The summed E-state index contributed by atoms with van der Waals surface area (Å²) in [6, 6.07) is 7.64. The first-order chi connectivity index (χ1) is 7.27. The molecule has 0 unspecified atom stereocenters. The van der Waals surface area contributed by atoms with Crippen LogP contribution in [0.5, 0.6) is 0 Å². The Hall–Kier alpha value is -1.96. The molecule has 0 aliphatic rings. The lowest BCUT2D eigenvalue weighted by molar-refractivity contribution is 1.47. The molecule has 0 heterocycles. The second-order valence-corrected chi connectivity index (χ2v) is 3.06. The summed E-state index contributed by atoms with van der Waals surface area (Å²) in [5.41, 5.74) is 8.36. The Labute approximate surface area is 90.8 Å². The minimum atomic E-state index is 0.728. The van der Waals surface area contributed by atoms with E-state index in [1.807, 2.05) is 49.4 Å². The van der Waals surface area contributed by atoms with E-state index in [-0.39, 0.29) is 0 Å². The van der Waals surface area contributed by atoms with Crippen molar-refractivity contribution in [1.29, 1.82) is 0 Å². The third kappa shape index (κ3) is 3.35. The number of para-hydroxylation sites is 2. The van der Waals surface area contributed by atoms with Crippen molar-refractivity contribution < 1.29 is 0 Å². The molecule has 1 aromatic rings. The van der Waals surface area contributed by atoms with E-state index >= 15 is 0 Å². The molecule has 0 amide bonds. The lowest BCUT2D eigenvalue weighted by Crippen LogP contribution is -1.99. The van der Waals surface area contributed by atoms with Gasteiger partial charge in [-0.2, -0.15) is 0 Å². The molecule has 15 heavy (non-hydrogen) atoms. The lowest BCUT2D eigenvalue weighted by atomic mass is 10.2. The number of rotatable bonds is 4. The molecule has 3 N–H and O–H groups in total. The van der Waals surface area contributed by atoms with E-state index in [9.17, 15) is 0 Å². The van der Waals surface area contributed by atoms with Crippen LogP contribution in [0.1, 0.15) is 6.92 Å². The van der Waals surface area contributed by atoms with Crippen LogP contribution in [0.25, 0.3) is 0 Å². The number of anilines is 2. The molecule has 0 aliphatic carbocycles. The fraction of sp³-hybridized carbons (Fsp3) is 0.0769. The molecule has 0 bridgehead atoms. The molecule has 0 saturated heterocycles. The normalized spacial score (nSPS) is 11.7. The smallest absolute Gasteiger partial charge is 0.0617 e. The van der Waals surface area contributed by atoms with Crippen LogP contribution >= 0.6 is 0 Å². The Bertz CT molecular complexity index is 389. The van der Waals surface area contributed by atoms with Gasteiger partial charge in [0.2, 0.25) is 0 Å². The van der Waals surface area contributed by atoms with Crippen LogP contribution < -0.4 is 11.1 Å². The maximum atomic E-state index is 5.81. The quantitative estimate of drug-likeness (QED) is 0.578. The number of nitrogens with two attached hydrogens (primary N) is 1. The second kappa shape index (κ2) is 5.70. The van der Waals surface area contributed by atoms with Crippen molar-refractivity contribution in [3.8, 4) is 0 Å². The fourth-order valence-corrected chi connectivity index (χ4v) is 1.13. The SMILES string of the molecule is C=C/C(=C\C=C/C)Nc1ccccc1N. The van der Waals surface area contributed by atoms with Crippen LogP contribution in [0, 0.1) is 0 Å². The van der Waals surface area contributed by atoms with Crippen molar-refractivity contribution in [2.24, 2.45) is 0 Å². The van der Waals surface area contributed by atoms with Gasteiger partial charge in [0.1, 0.15) is 0 Å². The largest absolute Gasteiger partial charge is 0.397 e. The number of nitrogens with one attached hydrogen (secondary N) is 1. The molecular formula is C13H16N2. The van der Waals surface area contributed by atoms with Gasteiger partial charge in [-0.1, -0.05) is 30.9 Å². The summed E-state index contributed by atoms with van der Waals surface area (Å²) in [5.74, 6) is 0. The molecule has 0 aromatic heterocycles. The van der Waals surface area contributed by atoms with Crippen molar-refractivity contribution in [1.82, 2.24) is 0 Å². The van der Waals surface area contributed by atoms with E-state index in [4.69, 9.17) is 5.73 Å². The van der Waals surface area contributed by atoms with Crippen LogP contribution in [0.4, 0.5) is 11.4 Å². The van der Waals surface area contributed by atoms with Gasteiger partial charge in [0, 0.05) is 5.70 Å². The van der Waals surface area contributed by atoms with Crippen molar-refractivity contribution in [2.75, 3.05) is 11.1 Å². The average molecular weight is 200 g/mol. The Kier molecular flexibility index (Phi) is 4.23. The highest BCUT2D eigenvalue weighted by molar-refractivity contribution is 5.68. The van der Waals surface area contributed by atoms with Crippen LogP contribution in [-0.4, -0.2) is 0 Å². The minimum Gasteiger partial charge on any atom is -0.397 e. The van der Waals surface area contributed by atoms with Crippen molar-refractivity contribution in [3.63, 3.8) is 0 Å². The van der Waals surface area contributed by atoms with E-state index in [1.54, 1.807) is 6.08 Å². The maximum Gasteiger partial charge on any atom is 0.0617 e. The van der Waals surface area contributed by atoms with Gasteiger partial charge in [-0.3, -0.25) is 0 Å². The van der Waals surface area contributed by atoms with Gasteiger partial charge in [-0.15, -0.1) is 0 Å². The first kappa shape index (κ1) is 11.1. The molecule has 0 spiro atoms. The molecule has 0 fully saturated rings. The van der Waals surface area contributed by atoms with Gasteiger partial charge in [0.15, 0.2) is 0 Å². The highest BCUT2D eigenvalue weighted by atomic mass is 14.9. The van der Waals surface area contributed by atoms with Gasteiger partial charge in [-0.25, -0.2) is 0 Å². The molecule has 2 nitrogen and oxygen atoms in total. The molecule has 0 atom stereocenters. The summed E-state index contributed by atoms with van der Waals surface area (Å²) in [6.07, 6.45) is 7.61. The molecule has 1 rings (SSSR count). The molecule has 0 saturated carbocycles. The van der Waals surface area contributed by atoms with Crippen molar-refractivity contribution in [2.45, 2.75) is 6.92 Å². The zero-order valence-corrected chi connectivity index (χ0v) is 8.90. The van der Waals surface area contributed by atoms with E-state index in [1.165, 1.54) is 0 Å². The van der Waals surface area contributed by atoms with Gasteiger partial charge < -0.3 is 11.1 Å². The summed E-state index contributed by atoms with van der Waals surface area (Å²) in [6.45, 7) is 5.70. The van der Waals surface area contributed by atoms with Crippen LogP contribution in [0.15, 0.2) is 60.8 Å². The summed E-state index contributed by atoms with van der Waals surface area (Å²) in [5, 5.41) is 3.20. The maximum absolute atomic E-state index is 5.81. The van der Waals surface area contributed by atoms with Crippen LogP contribution in [0.2, 0.25) is 0 Å². The monoisotopic (exact) mass is 200 g/mol. The first-order valence-electron chi connectivity index (χ1n) is 4.85. The van der Waals surface area contributed by atoms with Gasteiger partial charge in [-0.05, 0) is 31.2 Å². The molecular weight excluding hydrogens is 184 g/mol. The van der Waals surface area contributed by atoms with E-state index in [0.717, 1.165) is 17.1 Å². The number of allylic oxidation sites excluding steroid dienone is 4. The average Bonchev–Trinajstić information content (AvgIpc) is 2.26. The zero-order chi connectivity index (χ0) is 11.1. The van der Waals surface area contributed by atoms with E-state index in [2.05, 4.69) is 11.9 Å². The standard InChI is InChI=1S/C13H16N2/c1-3-5-8-11(4-2)15-13-10-7-6-9-12(13)14/h3-10,15H,2,14H2,1H3/b5-3-,11-8+. The number of nitrogen functional groups attached to an aromatic ring is 1. The Morgan fingerprint density at radius 1 is 1.40 bits per heavy atom. The number of hydrogen-bond acceptors (Lipinski definition) is 2. The number of benzene rings is 1. The summed E-state index contributed by atoms with van der Waals surface area (Å²) in [4.78, 5) is 0. The molecule has 0 radical (unpaired) electrons.